The third-order valence-corrected chi connectivity index (χ3v) is 1.04. The first kappa shape index (κ1) is 7.24. The third kappa shape index (κ3) is 1.53. The zero-order valence-electron chi connectivity index (χ0n) is 5.39. The molecule has 1 N–H and O–H groups in total. The summed E-state index contributed by atoms with van der Waals surface area (Å²) < 4.78 is 0. The average molecular weight is 152 g/mol. The van der Waals surface area contributed by atoms with E-state index in [0.29, 0.717) is 0 Å². The maximum atomic E-state index is 10.2. The number of aliphatic hydroxyl groups is 1. The van der Waals surface area contributed by atoms with Crippen molar-refractivity contribution in [2.45, 2.75) is 0 Å². The van der Waals surface area contributed by atoms with Crippen molar-refractivity contribution in [3.05, 3.63) is 39.9 Å². The minimum absolute atomic E-state index is 0.400. The molecule has 0 amide bonds. The molecule has 0 fully saturated rings. The van der Waals surface area contributed by atoms with Gasteiger partial charge in [0.15, 0.2) is 5.76 Å². The minimum atomic E-state index is -0.701. The molecule has 0 aromatic rings. The first-order valence-corrected chi connectivity index (χ1v) is 2.74. The fourth-order valence-electron chi connectivity index (χ4n) is 0.555. The van der Waals surface area contributed by atoms with Gasteiger partial charge in [-0.05, 0) is 5.87 Å². The van der Waals surface area contributed by atoms with Gasteiger partial charge < -0.3 is 5.11 Å². The third-order valence-electron chi connectivity index (χ3n) is 1.04. The van der Waals surface area contributed by atoms with E-state index < -0.39 is 16.4 Å². The number of rotatable bonds is 1. The Morgan fingerprint density at radius 2 is 2.45 bits per heavy atom. The molecule has 0 atom stereocenters. The van der Waals surface area contributed by atoms with Gasteiger partial charge in [-0.2, -0.15) is 0 Å². The van der Waals surface area contributed by atoms with E-state index in [2.05, 4.69) is 10.9 Å². The molecule has 56 valence electrons. The van der Waals surface area contributed by atoms with Gasteiger partial charge in [-0.1, -0.05) is 0 Å². The van der Waals surface area contributed by atoms with E-state index in [9.17, 15) is 10.1 Å². The quantitative estimate of drug-likeness (QED) is 0.445. The Bertz CT molecular complexity index is 308. The van der Waals surface area contributed by atoms with Gasteiger partial charge in [0.2, 0.25) is 0 Å². The Morgan fingerprint density at radius 1 is 1.73 bits per heavy atom. The Balaban J connectivity index is 3.15. The summed E-state index contributed by atoms with van der Waals surface area (Å²) in [4.78, 5) is 12.9. The molecule has 0 aromatic heterocycles. The summed E-state index contributed by atoms with van der Waals surface area (Å²) in [6, 6.07) is 0. The molecular weight excluding hydrogens is 148 g/mol. The predicted octanol–water partition coefficient (Wildman–Crippen LogP) is 0.786. The van der Waals surface area contributed by atoms with Crippen LogP contribution >= 0.6 is 0 Å². The van der Waals surface area contributed by atoms with Crippen LogP contribution in [-0.4, -0.2) is 15.9 Å². The molecule has 1 heterocycles. The summed E-state index contributed by atoms with van der Waals surface area (Å²) in [5.74, 6) is 1.85. The van der Waals surface area contributed by atoms with Crippen molar-refractivity contribution in [3.63, 3.8) is 0 Å². The largest absolute Gasteiger partial charge is 0.502 e. The highest BCUT2D eigenvalue weighted by atomic mass is 16.6. The summed E-state index contributed by atoms with van der Waals surface area (Å²) in [6.45, 7) is 0. The summed E-state index contributed by atoms with van der Waals surface area (Å²) >= 11 is 0. The fraction of sp³-hybridized carbons (Fsp3) is 0. The molecule has 1 rings (SSSR count). The number of aliphatic hydroxyl groups excluding tert-OH is 1. The molecular formula is C6H4N2O3. The van der Waals surface area contributed by atoms with Gasteiger partial charge >= 0.3 is 5.70 Å². The lowest BCUT2D eigenvalue weighted by molar-refractivity contribution is -0.421. The lowest BCUT2D eigenvalue weighted by atomic mass is 10.3. The molecule has 11 heavy (non-hydrogen) atoms. The number of hydrogen-bond donors (Lipinski definition) is 1. The second-order valence-corrected chi connectivity index (χ2v) is 1.75. The van der Waals surface area contributed by atoms with Crippen LogP contribution < -0.4 is 0 Å². The predicted molar refractivity (Wildman–Crippen MR) is 37.8 cm³/mol. The van der Waals surface area contributed by atoms with Crippen LogP contribution in [0.15, 0.2) is 34.8 Å². The highest BCUT2D eigenvalue weighted by Gasteiger charge is 2.12. The van der Waals surface area contributed by atoms with Gasteiger partial charge in [0.25, 0.3) is 0 Å². The first-order chi connectivity index (χ1) is 5.22. The van der Waals surface area contributed by atoms with Crippen LogP contribution in [0.5, 0.6) is 0 Å². The van der Waals surface area contributed by atoms with Crippen LogP contribution in [0.1, 0.15) is 0 Å². The SMILES string of the molecule is O=[N+]([O-])C1=C(O)C=CN=C=C1. The van der Waals surface area contributed by atoms with Crippen LogP contribution in [0.4, 0.5) is 0 Å². The molecule has 0 radical (unpaired) electrons. The van der Waals surface area contributed by atoms with Gasteiger partial charge in [-0.25, -0.2) is 4.99 Å². The number of hydrogen-bond acceptors (Lipinski definition) is 4. The summed E-state index contributed by atoms with van der Waals surface area (Å²) in [6.07, 6.45) is 3.37. The van der Waals surface area contributed by atoms with Gasteiger partial charge in [-0.3, -0.25) is 10.1 Å². The zero-order chi connectivity index (χ0) is 8.27. The van der Waals surface area contributed by atoms with Crippen LogP contribution in [0, 0.1) is 10.1 Å². The first-order valence-electron chi connectivity index (χ1n) is 2.74. The molecule has 0 saturated carbocycles. The molecule has 5 heteroatoms. The van der Waals surface area contributed by atoms with Crippen LogP contribution in [0.25, 0.3) is 0 Å². The topological polar surface area (TPSA) is 75.7 Å². The standard InChI is InChI=1S/C6H4N2O3/c9-6-2-4-7-3-1-5(6)8(10)11/h1-2,4,9H. The summed E-state index contributed by atoms with van der Waals surface area (Å²) in [7, 11) is 0. The zero-order valence-corrected chi connectivity index (χ0v) is 5.39. The molecule has 0 bridgehead atoms. The Kier molecular flexibility index (Phi) is 1.85. The normalized spacial score (nSPS) is 15.3. The molecule has 0 spiro atoms. The number of nitro groups is 1. The van der Waals surface area contributed by atoms with Crippen molar-refractivity contribution in [2.24, 2.45) is 4.99 Å². The highest BCUT2D eigenvalue weighted by Crippen LogP contribution is 2.06. The smallest absolute Gasteiger partial charge is 0.319 e. The van der Waals surface area contributed by atoms with Crippen molar-refractivity contribution in [2.75, 3.05) is 0 Å². The monoisotopic (exact) mass is 152 g/mol. The van der Waals surface area contributed by atoms with E-state index in [1.54, 1.807) is 0 Å². The second-order valence-electron chi connectivity index (χ2n) is 1.75. The van der Waals surface area contributed by atoms with Crippen molar-refractivity contribution in [1.82, 2.24) is 0 Å². The maximum absolute atomic E-state index is 10.2. The van der Waals surface area contributed by atoms with E-state index in [-0.39, 0.29) is 0 Å². The van der Waals surface area contributed by atoms with Gasteiger partial charge in [0.05, 0.1) is 11.0 Å². The second kappa shape index (κ2) is 2.81. The van der Waals surface area contributed by atoms with E-state index in [1.165, 1.54) is 6.20 Å². The van der Waals surface area contributed by atoms with Crippen LogP contribution in [0.3, 0.4) is 0 Å². The molecule has 5 nitrogen and oxygen atoms in total. The van der Waals surface area contributed by atoms with Gasteiger partial charge in [0.1, 0.15) is 0 Å². The lowest BCUT2D eigenvalue weighted by Gasteiger charge is -1.89. The maximum Gasteiger partial charge on any atom is 0.319 e. The van der Waals surface area contributed by atoms with E-state index in [1.807, 2.05) is 0 Å². The van der Waals surface area contributed by atoms with Gasteiger partial charge in [-0.15, -0.1) is 0 Å². The molecule has 1 aliphatic rings. The molecule has 0 saturated heterocycles. The van der Waals surface area contributed by atoms with Gasteiger partial charge in [0, 0.05) is 12.3 Å². The molecule has 1 aliphatic heterocycles. The lowest BCUT2D eigenvalue weighted by Crippen LogP contribution is -1.98. The van der Waals surface area contributed by atoms with Crippen molar-refractivity contribution >= 4 is 5.87 Å². The molecule has 0 aromatic carbocycles. The number of nitrogens with zero attached hydrogens (tertiary/aromatic N) is 2. The van der Waals surface area contributed by atoms with Crippen molar-refractivity contribution in [1.29, 1.82) is 0 Å². The Labute approximate surface area is 61.8 Å². The van der Waals surface area contributed by atoms with Crippen LogP contribution in [-0.2, 0) is 0 Å². The molecule has 0 unspecified atom stereocenters. The highest BCUT2D eigenvalue weighted by molar-refractivity contribution is 5.58. The van der Waals surface area contributed by atoms with Crippen molar-refractivity contribution < 1.29 is 10.0 Å². The van der Waals surface area contributed by atoms with Crippen LogP contribution in [0.2, 0.25) is 0 Å². The average Bonchev–Trinajstić information content (AvgIpc) is 2.13. The summed E-state index contributed by atoms with van der Waals surface area (Å²) in [5, 5.41) is 19.1. The number of allylic oxidation sites excluding steroid dienone is 2. The molecule has 0 aliphatic carbocycles. The van der Waals surface area contributed by atoms with E-state index in [0.717, 1.165) is 12.2 Å². The minimum Gasteiger partial charge on any atom is -0.502 e. The van der Waals surface area contributed by atoms with E-state index in [4.69, 9.17) is 5.11 Å². The summed E-state index contributed by atoms with van der Waals surface area (Å²) in [5.41, 5.74) is -0.400. The van der Waals surface area contributed by atoms with Crippen molar-refractivity contribution in [3.8, 4) is 0 Å². The Morgan fingerprint density at radius 3 is 3.09 bits per heavy atom. The number of aliphatic imine (C=N–C) groups is 1. The fourth-order valence-corrected chi connectivity index (χ4v) is 0.555. The Hall–Kier alpha value is -1.87. The van der Waals surface area contributed by atoms with E-state index >= 15 is 0 Å².